The Bertz CT molecular complexity index is 972. The molecule has 0 aliphatic rings. The molecule has 7 heteroatoms. The third kappa shape index (κ3) is 3.33. The van der Waals surface area contributed by atoms with Gasteiger partial charge in [0.05, 0.1) is 30.0 Å². The van der Waals surface area contributed by atoms with Gasteiger partial charge in [-0.25, -0.2) is 14.5 Å². The largest absolute Gasteiger partial charge is 0.494 e. The highest BCUT2D eigenvalue weighted by atomic mass is 16.5. The van der Waals surface area contributed by atoms with Gasteiger partial charge < -0.3 is 9.84 Å². The molecule has 1 aromatic carbocycles. The predicted octanol–water partition coefficient (Wildman–Crippen LogP) is 2.90. The fourth-order valence-electron chi connectivity index (χ4n) is 2.37. The molecule has 0 bridgehead atoms. The molecule has 7 nitrogen and oxygen atoms in total. The van der Waals surface area contributed by atoms with Crippen LogP contribution >= 0.6 is 0 Å². The molecular formula is C18H14N4O3. The van der Waals surface area contributed by atoms with Crippen molar-refractivity contribution in [3.05, 3.63) is 60.0 Å². The van der Waals surface area contributed by atoms with Crippen LogP contribution in [0.25, 0.3) is 16.9 Å². The molecule has 0 aliphatic carbocycles. The molecule has 3 rings (SSSR count). The van der Waals surface area contributed by atoms with Gasteiger partial charge in [-0.1, -0.05) is 12.1 Å². The minimum Gasteiger partial charge on any atom is -0.494 e. The maximum atomic E-state index is 11.0. The number of carboxylic acids is 1. The summed E-state index contributed by atoms with van der Waals surface area (Å²) in [4.78, 5) is 15.3. The molecule has 0 saturated heterocycles. The molecule has 124 valence electrons. The summed E-state index contributed by atoms with van der Waals surface area (Å²) in [6, 6.07) is 11.1. The number of nitriles is 1. The van der Waals surface area contributed by atoms with Crippen LogP contribution in [-0.4, -0.2) is 32.4 Å². The van der Waals surface area contributed by atoms with Crippen molar-refractivity contribution in [2.45, 2.75) is 6.92 Å². The summed E-state index contributed by atoms with van der Waals surface area (Å²) in [7, 11) is 0. The number of carbonyl (C=O) groups is 1. The number of benzene rings is 1. The number of ether oxygens (including phenoxy) is 1. The van der Waals surface area contributed by atoms with Crippen molar-refractivity contribution in [2.24, 2.45) is 0 Å². The first-order valence-electron chi connectivity index (χ1n) is 7.54. The van der Waals surface area contributed by atoms with Crippen molar-refractivity contribution in [1.82, 2.24) is 14.8 Å². The van der Waals surface area contributed by atoms with Crippen molar-refractivity contribution >= 4 is 5.97 Å². The highest BCUT2D eigenvalue weighted by Crippen LogP contribution is 2.27. The summed E-state index contributed by atoms with van der Waals surface area (Å²) in [5.41, 5.74) is 1.94. The van der Waals surface area contributed by atoms with Gasteiger partial charge >= 0.3 is 5.97 Å². The second-order valence-corrected chi connectivity index (χ2v) is 5.14. The zero-order valence-corrected chi connectivity index (χ0v) is 13.4. The van der Waals surface area contributed by atoms with Crippen LogP contribution in [0.4, 0.5) is 0 Å². The van der Waals surface area contributed by atoms with E-state index in [1.165, 1.54) is 17.1 Å². The summed E-state index contributed by atoms with van der Waals surface area (Å²) >= 11 is 0. The molecule has 0 spiro atoms. The van der Waals surface area contributed by atoms with Gasteiger partial charge in [0, 0.05) is 24.0 Å². The number of aromatic nitrogens is 3. The quantitative estimate of drug-likeness (QED) is 0.770. The van der Waals surface area contributed by atoms with Crippen LogP contribution in [0.2, 0.25) is 0 Å². The molecule has 0 amide bonds. The third-order valence-electron chi connectivity index (χ3n) is 3.53. The van der Waals surface area contributed by atoms with Gasteiger partial charge in [0.2, 0.25) is 0 Å². The molecule has 1 N–H and O–H groups in total. The Morgan fingerprint density at radius 3 is 2.88 bits per heavy atom. The number of hydrogen-bond donors (Lipinski definition) is 1. The van der Waals surface area contributed by atoms with Crippen LogP contribution in [0.1, 0.15) is 22.8 Å². The lowest BCUT2D eigenvalue weighted by Crippen LogP contribution is -2.00. The number of carboxylic acid groups (broad SMARTS) is 1. The minimum absolute atomic E-state index is 0.0498. The van der Waals surface area contributed by atoms with Crippen LogP contribution in [0.15, 0.2) is 48.9 Å². The molecule has 2 heterocycles. The summed E-state index contributed by atoms with van der Waals surface area (Å²) in [6.45, 7) is 2.45. The summed E-state index contributed by atoms with van der Waals surface area (Å²) in [5, 5.41) is 22.4. The topological polar surface area (TPSA) is 101 Å². The smallest absolute Gasteiger partial charge is 0.338 e. The molecule has 3 aromatic rings. The first-order chi connectivity index (χ1) is 12.1. The molecule has 0 unspecified atom stereocenters. The molecule has 2 aromatic heterocycles. The van der Waals surface area contributed by atoms with Crippen molar-refractivity contribution in [2.75, 3.05) is 6.61 Å². The van der Waals surface area contributed by atoms with Crippen LogP contribution < -0.4 is 4.74 Å². The van der Waals surface area contributed by atoms with Gasteiger partial charge in [-0.2, -0.15) is 10.4 Å². The Morgan fingerprint density at radius 1 is 1.36 bits per heavy atom. The van der Waals surface area contributed by atoms with Crippen molar-refractivity contribution < 1.29 is 14.6 Å². The number of hydrogen-bond acceptors (Lipinski definition) is 5. The molecule has 0 saturated carbocycles. The normalized spacial score (nSPS) is 10.2. The van der Waals surface area contributed by atoms with Crippen LogP contribution in [-0.2, 0) is 0 Å². The lowest BCUT2D eigenvalue weighted by atomic mass is 10.0. The number of nitrogens with zero attached hydrogens (tertiary/aromatic N) is 4. The molecule has 25 heavy (non-hydrogen) atoms. The van der Waals surface area contributed by atoms with E-state index < -0.39 is 5.97 Å². The second kappa shape index (κ2) is 6.84. The molecule has 0 atom stereocenters. The second-order valence-electron chi connectivity index (χ2n) is 5.14. The number of aromatic carboxylic acids is 1. The summed E-state index contributed by atoms with van der Waals surface area (Å²) in [6.07, 6.45) is 4.15. The summed E-state index contributed by atoms with van der Waals surface area (Å²) < 4.78 is 6.81. The van der Waals surface area contributed by atoms with E-state index in [-0.39, 0.29) is 5.56 Å². The maximum absolute atomic E-state index is 11.0. The van der Waals surface area contributed by atoms with Gasteiger partial charge in [-0.15, -0.1) is 0 Å². The standard InChI is InChI=1S/C18H14N4O3/c1-2-25-15-5-3-4-12(6-15)16-10-20-17(7-13(16)8-19)22-11-14(9-21-22)18(23)24/h3-7,9-11H,2H2,1H3,(H,23,24). The fourth-order valence-corrected chi connectivity index (χ4v) is 2.37. The zero-order valence-electron chi connectivity index (χ0n) is 13.4. The molecule has 0 radical (unpaired) electrons. The minimum atomic E-state index is -1.07. The van der Waals surface area contributed by atoms with Crippen molar-refractivity contribution in [3.8, 4) is 28.8 Å². The van der Waals surface area contributed by atoms with Gasteiger partial charge in [0.15, 0.2) is 5.82 Å². The van der Waals surface area contributed by atoms with E-state index in [1.54, 1.807) is 12.3 Å². The van der Waals surface area contributed by atoms with E-state index in [0.717, 1.165) is 5.56 Å². The van der Waals surface area contributed by atoms with Crippen molar-refractivity contribution in [3.63, 3.8) is 0 Å². The summed E-state index contributed by atoms with van der Waals surface area (Å²) in [5.74, 6) is 0.0102. The maximum Gasteiger partial charge on any atom is 0.338 e. The average molecular weight is 334 g/mol. The Balaban J connectivity index is 2.01. The van der Waals surface area contributed by atoms with Gasteiger partial charge in [0.25, 0.3) is 0 Å². The Labute approximate surface area is 143 Å². The highest BCUT2D eigenvalue weighted by molar-refractivity contribution is 5.87. The average Bonchev–Trinajstić information content (AvgIpc) is 3.12. The zero-order chi connectivity index (χ0) is 17.8. The predicted molar refractivity (Wildman–Crippen MR) is 89.6 cm³/mol. The van der Waals surface area contributed by atoms with Gasteiger partial charge in [-0.05, 0) is 24.6 Å². The van der Waals surface area contributed by atoms with E-state index in [1.807, 2.05) is 31.2 Å². The lowest BCUT2D eigenvalue weighted by molar-refractivity contribution is 0.0697. The van der Waals surface area contributed by atoms with Crippen LogP contribution in [0, 0.1) is 11.3 Å². The van der Waals surface area contributed by atoms with Gasteiger partial charge in [0.1, 0.15) is 5.75 Å². The fraction of sp³-hybridized carbons (Fsp3) is 0.111. The van der Waals surface area contributed by atoms with Crippen LogP contribution in [0.5, 0.6) is 5.75 Å². The van der Waals surface area contributed by atoms with Crippen molar-refractivity contribution in [1.29, 1.82) is 5.26 Å². The highest BCUT2D eigenvalue weighted by Gasteiger charge is 2.12. The van der Waals surface area contributed by atoms with E-state index in [9.17, 15) is 10.1 Å². The Morgan fingerprint density at radius 2 is 2.20 bits per heavy atom. The Hall–Kier alpha value is -3.66. The van der Waals surface area contributed by atoms with Gasteiger partial charge in [-0.3, -0.25) is 0 Å². The first kappa shape index (κ1) is 16.2. The third-order valence-corrected chi connectivity index (χ3v) is 3.53. The molecular weight excluding hydrogens is 320 g/mol. The first-order valence-corrected chi connectivity index (χ1v) is 7.54. The molecule has 0 fully saturated rings. The SMILES string of the molecule is CCOc1cccc(-c2cnc(-n3cc(C(=O)O)cn3)cc2C#N)c1. The van der Waals surface area contributed by atoms with Crippen LogP contribution in [0.3, 0.4) is 0 Å². The number of rotatable bonds is 5. The molecule has 0 aliphatic heterocycles. The van der Waals surface area contributed by atoms with E-state index in [0.29, 0.717) is 29.3 Å². The number of pyridine rings is 1. The van der Waals surface area contributed by atoms with E-state index >= 15 is 0 Å². The van der Waals surface area contributed by atoms with E-state index in [4.69, 9.17) is 9.84 Å². The lowest BCUT2D eigenvalue weighted by Gasteiger charge is -2.09. The monoisotopic (exact) mass is 334 g/mol. The Kier molecular flexibility index (Phi) is 4.44. The van der Waals surface area contributed by atoms with E-state index in [2.05, 4.69) is 16.2 Å².